The second-order valence-electron chi connectivity index (χ2n) is 4.29. The maximum atomic E-state index is 12.3. The number of aromatic nitrogens is 1. The number of sulfonamides is 1. The van der Waals surface area contributed by atoms with Crippen molar-refractivity contribution in [3.05, 3.63) is 42.1 Å². The van der Waals surface area contributed by atoms with E-state index < -0.39 is 16.1 Å². The Labute approximate surface area is 117 Å². The van der Waals surface area contributed by atoms with Crippen molar-refractivity contribution in [3.63, 3.8) is 0 Å². The molecule has 7 nitrogen and oxygen atoms in total. The van der Waals surface area contributed by atoms with Crippen LogP contribution in [0.5, 0.6) is 0 Å². The first-order valence-electron chi connectivity index (χ1n) is 5.94. The summed E-state index contributed by atoms with van der Waals surface area (Å²) < 4.78 is 32.5. The van der Waals surface area contributed by atoms with Gasteiger partial charge in [-0.15, -0.1) is 0 Å². The normalized spacial score (nSPS) is 13.2. The zero-order chi connectivity index (χ0) is 14.8. The molecule has 108 valence electrons. The van der Waals surface area contributed by atoms with E-state index in [2.05, 4.69) is 15.1 Å². The van der Waals surface area contributed by atoms with E-state index in [1.807, 2.05) is 0 Å². The molecule has 0 spiro atoms. The van der Waals surface area contributed by atoms with Crippen molar-refractivity contribution < 1.29 is 12.8 Å². The second-order valence-corrected chi connectivity index (χ2v) is 5.98. The number of aryl methyl sites for hydroxylation is 1. The predicted molar refractivity (Wildman–Crippen MR) is 74.2 cm³/mol. The zero-order valence-electron chi connectivity index (χ0n) is 11.1. The molecule has 1 unspecified atom stereocenters. The molecule has 1 aromatic carbocycles. The SMILES string of the molecule is Cc1cnc(C(C)NS(=O)(=O)c2ccccc2NN)o1. The summed E-state index contributed by atoms with van der Waals surface area (Å²) in [7, 11) is -3.73. The van der Waals surface area contributed by atoms with Crippen LogP contribution in [0.1, 0.15) is 24.6 Å². The molecular formula is C12H16N4O3S. The number of benzene rings is 1. The van der Waals surface area contributed by atoms with Crippen LogP contribution in [0.3, 0.4) is 0 Å². The monoisotopic (exact) mass is 296 g/mol. The van der Waals surface area contributed by atoms with Crippen molar-refractivity contribution in [1.82, 2.24) is 9.71 Å². The molecule has 0 aliphatic carbocycles. The first-order valence-corrected chi connectivity index (χ1v) is 7.42. The van der Waals surface area contributed by atoms with E-state index in [4.69, 9.17) is 10.3 Å². The number of hydrogen-bond acceptors (Lipinski definition) is 6. The molecule has 0 bridgehead atoms. The molecule has 2 aromatic rings. The maximum Gasteiger partial charge on any atom is 0.243 e. The Morgan fingerprint density at radius 1 is 1.35 bits per heavy atom. The number of nitrogens with zero attached hydrogens (tertiary/aromatic N) is 1. The van der Waals surface area contributed by atoms with Crippen molar-refractivity contribution in [2.75, 3.05) is 5.43 Å². The lowest BCUT2D eigenvalue weighted by Gasteiger charge is -2.13. The van der Waals surface area contributed by atoms with Crippen LogP contribution in [0.2, 0.25) is 0 Å². The summed E-state index contributed by atoms with van der Waals surface area (Å²) in [5, 5.41) is 0. The van der Waals surface area contributed by atoms with Gasteiger partial charge in [0.25, 0.3) is 0 Å². The molecule has 0 aliphatic heterocycles. The third-order valence-electron chi connectivity index (χ3n) is 2.67. The van der Waals surface area contributed by atoms with Crippen molar-refractivity contribution in [1.29, 1.82) is 0 Å². The fourth-order valence-electron chi connectivity index (χ4n) is 1.74. The van der Waals surface area contributed by atoms with E-state index in [1.165, 1.54) is 12.3 Å². The summed E-state index contributed by atoms with van der Waals surface area (Å²) in [5.74, 6) is 6.25. The molecule has 8 heteroatoms. The smallest absolute Gasteiger partial charge is 0.243 e. The molecule has 1 heterocycles. The van der Waals surface area contributed by atoms with Crippen molar-refractivity contribution in [2.24, 2.45) is 5.84 Å². The highest BCUT2D eigenvalue weighted by Crippen LogP contribution is 2.22. The lowest BCUT2D eigenvalue weighted by molar-refractivity contribution is 0.428. The Hall–Kier alpha value is -1.90. The van der Waals surface area contributed by atoms with E-state index in [0.29, 0.717) is 17.3 Å². The lowest BCUT2D eigenvalue weighted by Crippen LogP contribution is -2.28. The van der Waals surface area contributed by atoms with Gasteiger partial charge < -0.3 is 9.84 Å². The molecule has 4 N–H and O–H groups in total. The van der Waals surface area contributed by atoms with Gasteiger partial charge in [0, 0.05) is 0 Å². The number of nitrogens with two attached hydrogens (primary N) is 1. The number of nitrogens with one attached hydrogen (secondary N) is 2. The van der Waals surface area contributed by atoms with Crippen molar-refractivity contribution in [2.45, 2.75) is 24.8 Å². The third-order valence-corrected chi connectivity index (χ3v) is 4.27. The van der Waals surface area contributed by atoms with E-state index in [9.17, 15) is 8.42 Å². The van der Waals surface area contributed by atoms with Crippen LogP contribution in [-0.4, -0.2) is 13.4 Å². The van der Waals surface area contributed by atoms with Crippen LogP contribution < -0.4 is 16.0 Å². The number of hydrazine groups is 1. The Morgan fingerprint density at radius 3 is 2.65 bits per heavy atom. The summed E-state index contributed by atoms with van der Waals surface area (Å²) >= 11 is 0. The third kappa shape index (κ3) is 2.98. The van der Waals surface area contributed by atoms with Crippen LogP contribution in [0.4, 0.5) is 5.69 Å². The van der Waals surface area contributed by atoms with E-state index in [0.717, 1.165) is 0 Å². The number of hydrogen-bond donors (Lipinski definition) is 3. The van der Waals surface area contributed by atoms with Gasteiger partial charge in [-0.25, -0.2) is 13.4 Å². The molecule has 1 atom stereocenters. The van der Waals surface area contributed by atoms with Gasteiger partial charge in [0.1, 0.15) is 10.7 Å². The summed E-state index contributed by atoms with van der Waals surface area (Å²) in [5.41, 5.74) is 2.68. The fraction of sp³-hybridized carbons (Fsp3) is 0.250. The van der Waals surface area contributed by atoms with Crippen molar-refractivity contribution in [3.8, 4) is 0 Å². The van der Waals surface area contributed by atoms with Gasteiger partial charge in [-0.1, -0.05) is 12.1 Å². The second kappa shape index (κ2) is 5.61. The summed E-state index contributed by atoms with van der Waals surface area (Å²) in [4.78, 5) is 4.07. The molecule has 2 rings (SSSR count). The van der Waals surface area contributed by atoms with Crippen LogP contribution in [-0.2, 0) is 10.0 Å². The number of anilines is 1. The minimum absolute atomic E-state index is 0.0672. The zero-order valence-corrected chi connectivity index (χ0v) is 11.9. The molecule has 0 aliphatic rings. The van der Waals surface area contributed by atoms with E-state index >= 15 is 0 Å². The molecule has 0 saturated heterocycles. The fourth-order valence-corrected chi connectivity index (χ4v) is 3.11. The highest BCUT2D eigenvalue weighted by molar-refractivity contribution is 7.89. The molecule has 1 aromatic heterocycles. The molecule has 0 radical (unpaired) electrons. The Morgan fingerprint density at radius 2 is 2.05 bits per heavy atom. The average molecular weight is 296 g/mol. The number of rotatable bonds is 5. The Balaban J connectivity index is 2.27. The highest BCUT2D eigenvalue weighted by Gasteiger charge is 2.23. The first-order chi connectivity index (χ1) is 9.44. The molecular weight excluding hydrogens is 280 g/mol. The van der Waals surface area contributed by atoms with Crippen LogP contribution in [0.25, 0.3) is 0 Å². The van der Waals surface area contributed by atoms with Gasteiger partial charge in [-0.3, -0.25) is 5.84 Å². The van der Waals surface area contributed by atoms with Crippen LogP contribution in [0.15, 0.2) is 39.8 Å². The maximum absolute atomic E-state index is 12.3. The van der Waals surface area contributed by atoms with Gasteiger partial charge in [0.2, 0.25) is 15.9 Å². The molecule has 0 amide bonds. The molecule has 20 heavy (non-hydrogen) atoms. The van der Waals surface area contributed by atoms with E-state index in [-0.39, 0.29) is 4.90 Å². The van der Waals surface area contributed by atoms with Gasteiger partial charge in [0.15, 0.2) is 0 Å². The number of oxazole rings is 1. The van der Waals surface area contributed by atoms with Gasteiger partial charge in [0.05, 0.1) is 17.9 Å². The summed E-state index contributed by atoms with van der Waals surface area (Å²) in [6, 6.07) is 5.77. The summed E-state index contributed by atoms with van der Waals surface area (Å²) in [6.45, 7) is 3.40. The lowest BCUT2D eigenvalue weighted by atomic mass is 10.3. The first kappa shape index (κ1) is 14.5. The van der Waals surface area contributed by atoms with Gasteiger partial charge in [-0.2, -0.15) is 4.72 Å². The number of nitrogen functional groups attached to an aromatic ring is 1. The van der Waals surface area contributed by atoms with Gasteiger partial charge in [-0.05, 0) is 26.0 Å². The molecule has 0 fully saturated rings. The quantitative estimate of drug-likeness (QED) is 0.567. The molecule has 0 saturated carbocycles. The Bertz CT molecular complexity index is 696. The highest BCUT2D eigenvalue weighted by atomic mass is 32.2. The minimum Gasteiger partial charge on any atom is -0.444 e. The van der Waals surface area contributed by atoms with E-state index in [1.54, 1.807) is 32.0 Å². The topological polar surface area (TPSA) is 110 Å². The number of para-hydroxylation sites is 1. The van der Waals surface area contributed by atoms with Crippen LogP contribution in [0, 0.1) is 6.92 Å². The van der Waals surface area contributed by atoms with Crippen LogP contribution >= 0.6 is 0 Å². The van der Waals surface area contributed by atoms with Gasteiger partial charge >= 0.3 is 0 Å². The largest absolute Gasteiger partial charge is 0.444 e. The summed E-state index contributed by atoms with van der Waals surface area (Å²) in [6.07, 6.45) is 1.54. The Kier molecular flexibility index (Phi) is 4.07. The predicted octanol–water partition coefficient (Wildman–Crippen LogP) is 1.31. The average Bonchev–Trinajstić information content (AvgIpc) is 2.85. The standard InChI is InChI=1S/C12H16N4O3S/c1-8-7-14-12(19-8)9(2)16-20(17,18)11-6-4-3-5-10(11)15-13/h3-7,9,15-16H,13H2,1-2H3. The van der Waals surface area contributed by atoms with Crippen molar-refractivity contribution >= 4 is 15.7 Å². The minimum atomic E-state index is -3.73.